The molecule has 0 saturated heterocycles. The number of methoxy groups -OCH3 is 1. The molecule has 1 aromatic heterocycles. The van der Waals surface area contributed by atoms with Gasteiger partial charge in [-0.1, -0.05) is 0 Å². The predicted octanol–water partition coefficient (Wildman–Crippen LogP) is 1.85. The van der Waals surface area contributed by atoms with Gasteiger partial charge in [0.25, 0.3) is 0 Å². The Morgan fingerprint density at radius 3 is 2.67 bits per heavy atom. The maximum atomic E-state index is 6.13. The van der Waals surface area contributed by atoms with Crippen LogP contribution in [-0.2, 0) is 0 Å². The third-order valence-electron chi connectivity index (χ3n) is 2.26. The van der Waals surface area contributed by atoms with Crippen LogP contribution in [-0.4, -0.2) is 14.2 Å². The molecule has 0 N–H and O–H groups in total. The summed E-state index contributed by atoms with van der Waals surface area (Å²) in [7, 11) is 3.21. The van der Waals surface area contributed by atoms with Gasteiger partial charge in [-0.2, -0.15) is 0 Å². The molecule has 0 spiro atoms. The lowest BCUT2D eigenvalue weighted by Crippen LogP contribution is -2.41. The molecule has 3 nitrogen and oxygen atoms in total. The van der Waals surface area contributed by atoms with Crippen molar-refractivity contribution in [2.75, 3.05) is 14.2 Å². The fourth-order valence-corrected chi connectivity index (χ4v) is 1.76. The van der Waals surface area contributed by atoms with E-state index in [1.54, 1.807) is 20.4 Å². The Morgan fingerprint density at radius 2 is 2.00 bits per heavy atom. The number of pyridine rings is 1. The number of ether oxygens (including phenoxy) is 1. The van der Waals surface area contributed by atoms with Gasteiger partial charge in [-0.25, -0.2) is 0 Å². The lowest BCUT2D eigenvalue weighted by atomic mass is 10.2. The summed E-state index contributed by atoms with van der Waals surface area (Å²) in [6.45, 7) is 0. The van der Waals surface area contributed by atoms with Crippen LogP contribution in [0.3, 0.4) is 0 Å². The van der Waals surface area contributed by atoms with Gasteiger partial charge in [0.15, 0.2) is 0 Å². The summed E-state index contributed by atoms with van der Waals surface area (Å²) in [6.07, 6.45) is 1.77. The van der Waals surface area contributed by atoms with Gasteiger partial charge in [-0.15, -0.1) is 0 Å². The third-order valence-corrected chi connectivity index (χ3v) is 2.63. The first-order valence-electron chi connectivity index (χ1n) is 4.48. The maximum Gasteiger partial charge on any atom is 0.333 e. The fraction of sp³-hybridized carbons (Fsp3) is 0.182. The van der Waals surface area contributed by atoms with Crippen LogP contribution in [0.4, 0.5) is 0 Å². The van der Waals surface area contributed by atoms with E-state index in [4.69, 9.17) is 21.2 Å². The molecule has 15 heavy (non-hydrogen) atoms. The van der Waals surface area contributed by atoms with Crippen molar-refractivity contribution in [1.29, 1.82) is 0 Å². The molecule has 1 aromatic carbocycles. The number of benzene rings is 1. The highest BCUT2D eigenvalue weighted by Gasteiger charge is 2.13. The molecule has 0 aliphatic heterocycles. The van der Waals surface area contributed by atoms with Gasteiger partial charge in [0.05, 0.1) is 12.5 Å². The van der Waals surface area contributed by atoms with Crippen molar-refractivity contribution >= 4 is 22.4 Å². The third kappa shape index (κ3) is 1.70. The second-order valence-electron chi connectivity index (χ2n) is 3.07. The number of hydrogen-bond donors (Lipinski definition) is 0. The first-order chi connectivity index (χ1) is 7.26. The molecule has 2 rings (SSSR count). The van der Waals surface area contributed by atoms with Crippen LogP contribution in [0, 0.1) is 0 Å². The molecule has 0 aliphatic carbocycles. The van der Waals surface area contributed by atoms with E-state index >= 15 is 0 Å². The Morgan fingerprint density at radius 1 is 1.20 bits per heavy atom. The SMILES string of the molecule is COc1ccc2c(Cl)[n+](OC)ccc2c1. The highest BCUT2D eigenvalue weighted by atomic mass is 35.5. The zero-order valence-corrected chi connectivity index (χ0v) is 9.28. The number of halogens is 1. The highest BCUT2D eigenvalue weighted by molar-refractivity contribution is 6.33. The summed E-state index contributed by atoms with van der Waals surface area (Å²) < 4.78 is 6.65. The molecule has 0 atom stereocenters. The second-order valence-corrected chi connectivity index (χ2v) is 3.43. The average Bonchev–Trinajstić information content (AvgIpc) is 2.29. The summed E-state index contributed by atoms with van der Waals surface area (Å²) in [4.78, 5) is 5.06. The number of rotatable bonds is 2. The normalized spacial score (nSPS) is 10.3. The quantitative estimate of drug-likeness (QED) is 0.574. The zero-order chi connectivity index (χ0) is 10.8. The van der Waals surface area contributed by atoms with Crippen LogP contribution in [0.1, 0.15) is 0 Å². The average molecular weight is 225 g/mol. The molecular weight excluding hydrogens is 214 g/mol. The minimum atomic E-state index is 0.553. The van der Waals surface area contributed by atoms with Crippen molar-refractivity contribution in [3.05, 3.63) is 35.6 Å². The Hall–Kier alpha value is -1.48. The van der Waals surface area contributed by atoms with Crippen LogP contribution in [0.25, 0.3) is 10.8 Å². The fourth-order valence-electron chi connectivity index (χ4n) is 1.47. The molecule has 2 aromatic rings. The first-order valence-corrected chi connectivity index (χ1v) is 4.86. The zero-order valence-electron chi connectivity index (χ0n) is 8.53. The summed E-state index contributed by atoms with van der Waals surface area (Å²) >= 11 is 6.13. The van der Waals surface area contributed by atoms with Crippen molar-refractivity contribution in [3.8, 4) is 5.75 Å². The van der Waals surface area contributed by atoms with Gasteiger partial charge in [0.2, 0.25) is 6.20 Å². The van der Waals surface area contributed by atoms with E-state index < -0.39 is 0 Å². The van der Waals surface area contributed by atoms with Gasteiger partial charge in [0.1, 0.15) is 12.9 Å². The molecule has 0 unspecified atom stereocenters. The van der Waals surface area contributed by atoms with Crippen molar-refractivity contribution in [3.63, 3.8) is 0 Å². The van der Waals surface area contributed by atoms with E-state index in [9.17, 15) is 0 Å². The molecule has 0 radical (unpaired) electrons. The number of nitrogens with zero attached hydrogens (tertiary/aromatic N) is 1. The largest absolute Gasteiger partial charge is 0.497 e. The van der Waals surface area contributed by atoms with Crippen molar-refractivity contribution in [2.45, 2.75) is 0 Å². The topological polar surface area (TPSA) is 22.3 Å². The molecule has 0 aliphatic rings. The molecule has 0 fully saturated rings. The van der Waals surface area contributed by atoms with Crippen LogP contribution in [0.2, 0.25) is 5.15 Å². The van der Waals surface area contributed by atoms with Gasteiger partial charge in [0, 0.05) is 10.8 Å². The summed E-state index contributed by atoms with van der Waals surface area (Å²) in [5.74, 6) is 0.814. The van der Waals surface area contributed by atoms with Crippen molar-refractivity contribution < 1.29 is 14.3 Å². The lowest BCUT2D eigenvalue weighted by Gasteiger charge is -2.02. The lowest BCUT2D eigenvalue weighted by molar-refractivity contribution is -0.882. The molecule has 1 heterocycles. The van der Waals surface area contributed by atoms with Gasteiger partial charge >= 0.3 is 5.15 Å². The summed E-state index contributed by atoms with van der Waals surface area (Å²) in [5, 5.41) is 2.51. The second kappa shape index (κ2) is 3.95. The van der Waals surface area contributed by atoms with E-state index in [1.807, 2.05) is 24.3 Å². The Labute approximate surface area is 92.8 Å². The van der Waals surface area contributed by atoms with Crippen LogP contribution < -0.4 is 14.3 Å². The van der Waals surface area contributed by atoms with Gasteiger partial charge in [-0.05, 0) is 35.2 Å². The molecule has 0 bridgehead atoms. The van der Waals surface area contributed by atoms with Crippen molar-refractivity contribution in [2.24, 2.45) is 0 Å². The van der Waals surface area contributed by atoms with Crippen LogP contribution >= 0.6 is 11.6 Å². The number of fused-ring (bicyclic) bond motifs is 1. The molecule has 0 amide bonds. The van der Waals surface area contributed by atoms with E-state index in [-0.39, 0.29) is 0 Å². The van der Waals surface area contributed by atoms with E-state index in [1.165, 1.54) is 4.73 Å². The number of hydrogen-bond acceptors (Lipinski definition) is 2. The summed E-state index contributed by atoms with van der Waals surface area (Å²) in [5.41, 5.74) is 0. The van der Waals surface area contributed by atoms with Crippen LogP contribution in [0.5, 0.6) is 5.75 Å². The highest BCUT2D eigenvalue weighted by Crippen LogP contribution is 2.23. The van der Waals surface area contributed by atoms with E-state index in [0.717, 1.165) is 16.5 Å². The van der Waals surface area contributed by atoms with Gasteiger partial charge < -0.3 is 4.74 Å². The van der Waals surface area contributed by atoms with Gasteiger partial charge in [-0.3, -0.25) is 4.84 Å². The number of aromatic nitrogens is 1. The Bertz CT molecular complexity index is 499. The monoisotopic (exact) mass is 224 g/mol. The Kier molecular flexibility index (Phi) is 2.64. The Balaban J connectivity index is 2.68. The first kappa shape index (κ1) is 10.1. The molecular formula is C11H11ClNO2+. The maximum absolute atomic E-state index is 6.13. The van der Waals surface area contributed by atoms with Crippen molar-refractivity contribution in [1.82, 2.24) is 0 Å². The molecule has 4 heteroatoms. The molecule has 78 valence electrons. The predicted molar refractivity (Wildman–Crippen MR) is 58.2 cm³/mol. The minimum Gasteiger partial charge on any atom is -0.497 e. The smallest absolute Gasteiger partial charge is 0.333 e. The van der Waals surface area contributed by atoms with E-state index in [0.29, 0.717) is 5.15 Å². The van der Waals surface area contributed by atoms with E-state index in [2.05, 4.69) is 0 Å². The standard InChI is InChI=1S/C11H11ClNO2/c1-14-9-3-4-10-8(7-9)5-6-13(15-2)11(10)12/h3-7H,1-2H3/q+1. The van der Waals surface area contributed by atoms with Crippen LogP contribution in [0.15, 0.2) is 30.5 Å². The minimum absolute atomic E-state index is 0.553. The molecule has 0 saturated carbocycles. The summed E-state index contributed by atoms with van der Waals surface area (Å²) in [6, 6.07) is 7.63.